The average Bonchev–Trinajstić information content (AvgIpc) is 3.56. The average molecular weight is 556 g/mol. The Morgan fingerprint density at radius 2 is 1.98 bits per heavy atom. The molecule has 3 heterocycles. The van der Waals surface area contributed by atoms with Crippen LogP contribution in [0.15, 0.2) is 80.1 Å². The number of hydrogen-bond donors (Lipinski definition) is 0. The monoisotopic (exact) mass is 555 g/mol. The van der Waals surface area contributed by atoms with Crippen LogP contribution in [-0.2, 0) is 9.53 Å². The van der Waals surface area contributed by atoms with E-state index in [4.69, 9.17) is 18.6 Å². The highest BCUT2D eigenvalue weighted by molar-refractivity contribution is 7.07. The van der Waals surface area contributed by atoms with Gasteiger partial charge in [0.25, 0.3) is 5.56 Å². The number of esters is 1. The van der Waals surface area contributed by atoms with Gasteiger partial charge in [-0.2, -0.15) is 5.26 Å². The molecule has 0 spiro atoms. The summed E-state index contributed by atoms with van der Waals surface area (Å²) in [5.74, 6) is 1.39. The van der Waals surface area contributed by atoms with Crippen molar-refractivity contribution in [2.75, 3.05) is 20.8 Å². The van der Waals surface area contributed by atoms with Gasteiger partial charge in [-0.15, -0.1) is 0 Å². The minimum absolute atomic E-state index is 0.164. The quantitative estimate of drug-likeness (QED) is 0.317. The summed E-state index contributed by atoms with van der Waals surface area (Å²) in [4.78, 5) is 32.1. The minimum atomic E-state index is -0.864. The number of thiazole rings is 1. The molecule has 4 aromatic rings. The molecule has 0 radical (unpaired) electrons. The van der Waals surface area contributed by atoms with Gasteiger partial charge in [0.05, 0.1) is 48.3 Å². The topological polar surface area (TPSA) is 116 Å². The lowest BCUT2D eigenvalue weighted by Gasteiger charge is -2.26. The maximum atomic E-state index is 13.9. The van der Waals surface area contributed by atoms with Gasteiger partial charge in [-0.3, -0.25) is 9.36 Å². The number of nitrogens with zero attached hydrogens (tertiary/aromatic N) is 3. The van der Waals surface area contributed by atoms with E-state index < -0.39 is 12.0 Å². The van der Waals surface area contributed by atoms with E-state index in [9.17, 15) is 14.9 Å². The summed E-state index contributed by atoms with van der Waals surface area (Å²) in [6, 6.07) is 17.1. The highest BCUT2D eigenvalue weighted by atomic mass is 32.1. The lowest BCUT2D eigenvalue weighted by molar-refractivity contribution is -0.139. The largest absolute Gasteiger partial charge is 0.497 e. The van der Waals surface area contributed by atoms with E-state index in [-0.39, 0.29) is 17.7 Å². The molecule has 2 aromatic carbocycles. The lowest BCUT2D eigenvalue weighted by atomic mass is 9.95. The zero-order chi connectivity index (χ0) is 28.4. The summed E-state index contributed by atoms with van der Waals surface area (Å²) < 4.78 is 24.3. The van der Waals surface area contributed by atoms with Crippen LogP contribution in [0.5, 0.6) is 11.5 Å². The highest BCUT2D eigenvalue weighted by Gasteiger charge is 2.35. The van der Waals surface area contributed by atoms with Crippen LogP contribution < -0.4 is 24.4 Å². The third kappa shape index (κ3) is 4.72. The standard InChI is InChI=1S/C30H25N3O6S/c1-5-38-29(35)26-17(2)32-30-33(27(26)22-14-19(36-3)10-12-23(22)37-4)28(34)25(40-30)15-20-11-13-24(39-20)21-9-7-6-8-18(21)16-31/h6-15,27H,5H2,1-4H3/t27-/m0/s1. The van der Waals surface area contributed by atoms with Crippen molar-refractivity contribution < 1.29 is 23.4 Å². The number of furan rings is 1. The number of rotatable bonds is 7. The summed E-state index contributed by atoms with van der Waals surface area (Å²) in [5.41, 5.74) is 2.02. The highest BCUT2D eigenvalue weighted by Crippen LogP contribution is 2.38. The Morgan fingerprint density at radius 1 is 1.18 bits per heavy atom. The van der Waals surface area contributed by atoms with E-state index in [2.05, 4.69) is 11.1 Å². The number of ether oxygens (including phenoxy) is 3. The second-order valence-electron chi connectivity index (χ2n) is 8.77. The first-order valence-electron chi connectivity index (χ1n) is 12.4. The Kier molecular flexibility index (Phi) is 7.40. The number of methoxy groups -OCH3 is 2. The molecule has 10 heteroatoms. The Bertz CT molecular complexity index is 1870. The molecular weight excluding hydrogens is 530 g/mol. The van der Waals surface area contributed by atoms with E-state index >= 15 is 0 Å². The van der Waals surface area contributed by atoms with Gasteiger partial charge in [-0.25, -0.2) is 9.79 Å². The van der Waals surface area contributed by atoms with Gasteiger partial charge in [0.1, 0.15) is 29.1 Å². The van der Waals surface area contributed by atoms with Crippen molar-refractivity contribution in [1.82, 2.24) is 4.57 Å². The molecule has 2 aromatic heterocycles. The summed E-state index contributed by atoms with van der Waals surface area (Å²) in [5, 5.41) is 9.45. The molecule has 9 nitrogen and oxygen atoms in total. The summed E-state index contributed by atoms with van der Waals surface area (Å²) in [6.45, 7) is 3.60. The zero-order valence-electron chi connectivity index (χ0n) is 22.3. The van der Waals surface area contributed by atoms with Gasteiger partial charge in [0, 0.05) is 17.2 Å². The number of hydrogen-bond acceptors (Lipinski definition) is 9. The molecule has 40 heavy (non-hydrogen) atoms. The van der Waals surface area contributed by atoms with Gasteiger partial charge in [0.2, 0.25) is 0 Å². The first-order chi connectivity index (χ1) is 19.4. The van der Waals surface area contributed by atoms with E-state index in [1.165, 1.54) is 30.1 Å². The fourth-order valence-electron chi connectivity index (χ4n) is 4.64. The lowest BCUT2D eigenvalue weighted by Crippen LogP contribution is -2.40. The molecule has 0 amide bonds. The van der Waals surface area contributed by atoms with Crippen LogP contribution in [-0.4, -0.2) is 31.4 Å². The number of nitriles is 1. The van der Waals surface area contributed by atoms with Gasteiger partial charge >= 0.3 is 5.97 Å². The molecule has 202 valence electrons. The molecule has 0 bridgehead atoms. The fraction of sp³-hybridized carbons (Fsp3) is 0.200. The Labute approximate surface area is 233 Å². The molecule has 1 atom stereocenters. The van der Waals surface area contributed by atoms with Crippen LogP contribution in [0.3, 0.4) is 0 Å². The van der Waals surface area contributed by atoms with Gasteiger partial charge < -0.3 is 18.6 Å². The predicted octanol–water partition coefficient (Wildman–Crippen LogP) is 3.95. The zero-order valence-corrected chi connectivity index (χ0v) is 23.1. The second-order valence-corrected chi connectivity index (χ2v) is 9.78. The van der Waals surface area contributed by atoms with Crippen LogP contribution in [0.4, 0.5) is 0 Å². The van der Waals surface area contributed by atoms with Crippen LogP contribution in [0.25, 0.3) is 17.4 Å². The third-order valence-corrected chi connectivity index (χ3v) is 7.44. The molecule has 1 aliphatic heterocycles. The van der Waals surface area contributed by atoms with Gasteiger partial charge in [-0.1, -0.05) is 23.5 Å². The fourth-order valence-corrected chi connectivity index (χ4v) is 5.67. The van der Waals surface area contributed by atoms with E-state index in [1.54, 1.807) is 68.5 Å². The van der Waals surface area contributed by atoms with Crippen molar-refractivity contribution in [3.05, 3.63) is 102 Å². The van der Waals surface area contributed by atoms with E-state index in [1.807, 2.05) is 6.07 Å². The predicted molar refractivity (Wildman–Crippen MR) is 149 cm³/mol. The maximum absolute atomic E-state index is 13.9. The van der Waals surface area contributed by atoms with E-state index in [0.29, 0.717) is 54.7 Å². The molecule has 0 saturated carbocycles. The van der Waals surface area contributed by atoms with Crippen molar-refractivity contribution in [2.45, 2.75) is 19.9 Å². The molecule has 0 N–H and O–H groups in total. The first kappa shape index (κ1) is 26.7. The molecule has 0 unspecified atom stereocenters. The third-order valence-electron chi connectivity index (χ3n) is 6.46. The Balaban J connectivity index is 1.69. The van der Waals surface area contributed by atoms with Crippen LogP contribution in [0, 0.1) is 11.3 Å². The molecule has 0 fully saturated rings. The van der Waals surface area contributed by atoms with Gasteiger partial charge in [0.15, 0.2) is 4.80 Å². The van der Waals surface area contributed by atoms with Crippen molar-refractivity contribution in [2.24, 2.45) is 4.99 Å². The summed E-state index contributed by atoms with van der Waals surface area (Å²) in [6.07, 6.45) is 1.63. The number of fused-ring (bicyclic) bond motifs is 1. The molecule has 0 aliphatic carbocycles. The van der Waals surface area contributed by atoms with Gasteiger partial charge in [-0.05, 0) is 56.3 Å². The number of carbonyl (C=O) groups is 1. The van der Waals surface area contributed by atoms with Crippen molar-refractivity contribution in [3.8, 4) is 28.9 Å². The minimum Gasteiger partial charge on any atom is -0.497 e. The van der Waals surface area contributed by atoms with Crippen molar-refractivity contribution >= 4 is 23.4 Å². The first-order valence-corrected chi connectivity index (χ1v) is 13.2. The van der Waals surface area contributed by atoms with E-state index in [0.717, 1.165) is 0 Å². The molecule has 1 aliphatic rings. The Morgan fingerprint density at radius 3 is 2.70 bits per heavy atom. The molecular formula is C30H25N3O6S. The van der Waals surface area contributed by atoms with Crippen molar-refractivity contribution in [1.29, 1.82) is 5.26 Å². The SMILES string of the molecule is CCOC(=O)C1=C(C)N=c2sc(=Cc3ccc(-c4ccccc4C#N)o3)c(=O)n2[C@H]1c1cc(OC)ccc1OC. The normalized spacial score (nSPS) is 14.8. The molecule has 5 rings (SSSR count). The number of allylic oxidation sites excluding steroid dienone is 1. The number of aromatic nitrogens is 1. The molecule has 0 saturated heterocycles. The van der Waals surface area contributed by atoms with Crippen molar-refractivity contribution in [3.63, 3.8) is 0 Å². The maximum Gasteiger partial charge on any atom is 0.338 e. The second kappa shape index (κ2) is 11.1. The summed E-state index contributed by atoms with van der Waals surface area (Å²) in [7, 11) is 3.06. The van der Waals surface area contributed by atoms with Crippen LogP contribution >= 0.6 is 11.3 Å². The number of carbonyl (C=O) groups excluding carboxylic acids is 1. The Hall–Kier alpha value is -4.88. The smallest absolute Gasteiger partial charge is 0.338 e. The number of benzene rings is 2. The van der Waals surface area contributed by atoms with Crippen LogP contribution in [0.1, 0.15) is 36.8 Å². The summed E-state index contributed by atoms with van der Waals surface area (Å²) >= 11 is 1.18. The van der Waals surface area contributed by atoms with Crippen LogP contribution in [0.2, 0.25) is 0 Å².